The van der Waals surface area contributed by atoms with E-state index in [0.29, 0.717) is 4.31 Å². The van der Waals surface area contributed by atoms with Crippen molar-refractivity contribution in [3.05, 3.63) is 0 Å². The molecule has 1 heterocycles. The minimum Gasteiger partial charge on any atom is -0.464 e. The van der Waals surface area contributed by atoms with Gasteiger partial charge in [0.25, 0.3) is 0 Å². The van der Waals surface area contributed by atoms with Crippen molar-refractivity contribution in [1.29, 1.82) is 0 Å². The molecule has 0 aromatic heterocycles. The number of hydrogen-bond acceptors (Lipinski definition) is 4. The van der Waals surface area contributed by atoms with Gasteiger partial charge in [-0.25, -0.2) is 4.79 Å². The van der Waals surface area contributed by atoms with Crippen molar-refractivity contribution in [2.75, 3.05) is 6.61 Å². The van der Waals surface area contributed by atoms with Gasteiger partial charge in [-0.1, -0.05) is 0 Å². The van der Waals surface area contributed by atoms with E-state index in [9.17, 15) is 13.2 Å². The molecule has 1 amide bonds. The molecule has 0 unspecified atom stereocenters. The highest BCUT2D eigenvalue weighted by molar-refractivity contribution is 7.85. The standard InChI is InChI=1S/C6H9NO5S/c8-6(9)7-5(4-1-2-4)3-12-13(7,10)11/h4-5H,1-3H2,(H,8,9)/t5-/m1/s1. The van der Waals surface area contributed by atoms with Gasteiger partial charge < -0.3 is 5.11 Å². The topological polar surface area (TPSA) is 83.9 Å². The molecule has 2 rings (SSSR count). The number of amides is 1. The summed E-state index contributed by atoms with van der Waals surface area (Å²) in [5.74, 6) is 0.161. The van der Waals surface area contributed by atoms with Crippen LogP contribution in [0.2, 0.25) is 0 Å². The lowest BCUT2D eigenvalue weighted by atomic mass is 10.2. The van der Waals surface area contributed by atoms with Crippen LogP contribution in [0.25, 0.3) is 0 Å². The van der Waals surface area contributed by atoms with Crippen molar-refractivity contribution in [3.8, 4) is 0 Å². The zero-order valence-corrected chi connectivity index (χ0v) is 7.53. The van der Waals surface area contributed by atoms with E-state index in [4.69, 9.17) is 5.11 Å². The Labute approximate surface area is 75.4 Å². The molecule has 2 fully saturated rings. The summed E-state index contributed by atoms with van der Waals surface area (Å²) in [4.78, 5) is 10.6. The maximum absolute atomic E-state index is 11.1. The Balaban J connectivity index is 2.27. The monoisotopic (exact) mass is 207 g/mol. The Hall–Kier alpha value is -0.820. The van der Waals surface area contributed by atoms with Crippen LogP contribution in [-0.2, 0) is 14.5 Å². The van der Waals surface area contributed by atoms with Gasteiger partial charge in [0.15, 0.2) is 0 Å². The van der Waals surface area contributed by atoms with Crippen LogP contribution in [0.15, 0.2) is 0 Å². The van der Waals surface area contributed by atoms with E-state index in [1.54, 1.807) is 0 Å². The number of carboxylic acid groups (broad SMARTS) is 1. The molecule has 1 saturated carbocycles. The highest BCUT2D eigenvalue weighted by Crippen LogP contribution is 2.39. The molecule has 0 aromatic rings. The average Bonchev–Trinajstić information content (AvgIpc) is 2.75. The van der Waals surface area contributed by atoms with Crippen LogP contribution >= 0.6 is 0 Å². The zero-order valence-electron chi connectivity index (χ0n) is 6.71. The van der Waals surface area contributed by atoms with Crippen LogP contribution in [0.3, 0.4) is 0 Å². The fourth-order valence-corrected chi connectivity index (χ4v) is 2.67. The molecule has 0 bridgehead atoms. The fourth-order valence-electron chi connectivity index (χ4n) is 1.49. The Morgan fingerprint density at radius 3 is 2.54 bits per heavy atom. The molecule has 0 spiro atoms. The molecule has 74 valence electrons. The van der Waals surface area contributed by atoms with Crippen molar-refractivity contribution in [2.24, 2.45) is 5.92 Å². The maximum atomic E-state index is 11.1. The van der Waals surface area contributed by atoms with Gasteiger partial charge >= 0.3 is 16.4 Å². The highest BCUT2D eigenvalue weighted by Gasteiger charge is 2.49. The summed E-state index contributed by atoms with van der Waals surface area (Å²) < 4.78 is 27.0. The summed E-state index contributed by atoms with van der Waals surface area (Å²) in [7, 11) is -4.01. The second kappa shape index (κ2) is 2.58. The average molecular weight is 207 g/mol. The van der Waals surface area contributed by atoms with Crippen molar-refractivity contribution in [2.45, 2.75) is 18.9 Å². The van der Waals surface area contributed by atoms with Crippen LogP contribution < -0.4 is 0 Å². The van der Waals surface area contributed by atoms with E-state index in [1.165, 1.54) is 0 Å². The van der Waals surface area contributed by atoms with Crippen LogP contribution in [0, 0.1) is 5.92 Å². The third-order valence-corrected chi connectivity index (χ3v) is 3.63. The van der Waals surface area contributed by atoms with E-state index in [1.807, 2.05) is 0 Å². The second-order valence-electron chi connectivity index (χ2n) is 3.23. The SMILES string of the molecule is O=C(O)N1[C@@H](C2CC2)COS1(=O)=O. The number of rotatable bonds is 1. The molecule has 7 heteroatoms. The minimum absolute atomic E-state index is 0.0285. The van der Waals surface area contributed by atoms with Crippen molar-refractivity contribution >= 4 is 16.4 Å². The van der Waals surface area contributed by atoms with Gasteiger partial charge in [-0.2, -0.15) is 12.7 Å². The lowest BCUT2D eigenvalue weighted by Gasteiger charge is -2.15. The summed E-state index contributed by atoms with van der Waals surface area (Å²) in [5.41, 5.74) is 0. The summed E-state index contributed by atoms with van der Waals surface area (Å²) in [5, 5.41) is 8.66. The first kappa shape index (κ1) is 8.76. The van der Waals surface area contributed by atoms with Gasteiger partial charge in [-0.15, -0.1) is 0 Å². The van der Waals surface area contributed by atoms with Gasteiger partial charge in [-0.05, 0) is 18.8 Å². The van der Waals surface area contributed by atoms with Crippen molar-refractivity contribution in [3.63, 3.8) is 0 Å². The van der Waals surface area contributed by atoms with E-state index >= 15 is 0 Å². The van der Waals surface area contributed by atoms with Gasteiger partial charge in [-0.3, -0.25) is 4.18 Å². The molecule has 0 radical (unpaired) electrons. The lowest BCUT2D eigenvalue weighted by molar-refractivity contribution is 0.161. The first-order valence-corrected chi connectivity index (χ1v) is 5.30. The first-order valence-electron chi connectivity index (χ1n) is 3.94. The van der Waals surface area contributed by atoms with Crippen molar-refractivity contribution < 1.29 is 22.5 Å². The van der Waals surface area contributed by atoms with Gasteiger partial charge in [0.1, 0.15) is 0 Å². The Bertz CT molecular complexity index is 333. The Kier molecular flexibility index (Phi) is 1.74. The van der Waals surface area contributed by atoms with Crippen LogP contribution in [0.4, 0.5) is 4.79 Å². The molecule has 1 aliphatic heterocycles. The first-order chi connectivity index (χ1) is 6.02. The summed E-state index contributed by atoms with van der Waals surface area (Å²) in [6, 6.07) is -0.498. The largest absolute Gasteiger partial charge is 0.464 e. The number of nitrogens with zero attached hydrogens (tertiary/aromatic N) is 1. The number of hydrogen-bond donors (Lipinski definition) is 1. The number of carbonyl (C=O) groups is 1. The van der Waals surface area contributed by atoms with E-state index in [2.05, 4.69) is 4.18 Å². The van der Waals surface area contributed by atoms with Gasteiger partial charge in [0.05, 0.1) is 12.6 Å². The molecule has 1 atom stereocenters. The summed E-state index contributed by atoms with van der Waals surface area (Å²) in [6.07, 6.45) is 0.315. The minimum atomic E-state index is -4.01. The quantitative estimate of drug-likeness (QED) is 0.655. The highest BCUT2D eigenvalue weighted by atomic mass is 32.2. The predicted molar refractivity (Wildman–Crippen MR) is 41.2 cm³/mol. The summed E-state index contributed by atoms with van der Waals surface area (Å²) >= 11 is 0. The van der Waals surface area contributed by atoms with Crippen molar-refractivity contribution in [1.82, 2.24) is 4.31 Å². The van der Waals surface area contributed by atoms with Crippen LogP contribution in [-0.4, -0.2) is 36.6 Å². The molecule has 0 aromatic carbocycles. The Morgan fingerprint density at radius 1 is 1.46 bits per heavy atom. The molecule has 2 aliphatic rings. The van der Waals surface area contributed by atoms with Crippen LogP contribution in [0.1, 0.15) is 12.8 Å². The smallest absolute Gasteiger partial charge is 0.423 e. The van der Waals surface area contributed by atoms with E-state index in [0.717, 1.165) is 12.8 Å². The third kappa shape index (κ3) is 1.37. The maximum Gasteiger partial charge on any atom is 0.423 e. The third-order valence-electron chi connectivity index (χ3n) is 2.28. The van der Waals surface area contributed by atoms with Crippen LogP contribution in [0.5, 0.6) is 0 Å². The molecular weight excluding hydrogens is 198 g/mol. The molecule has 1 aliphatic carbocycles. The predicted octanol–water partition coefficient (Wildman–Crippen LogP) is 0.0200. The summed E-state index contributed by atoms with van der Waals surface area (Å²) in [6.45, 7) is -0.0285. The molecule has 1 saturated heterocycles. The molecule has 1 N–H and O–H groups in total. The van der Waals surface area contributed by atoms with Gasteiger partial charge in [0.2, 0.25) is 0 Å². The Morgan fingerprint density at radius 2 is 2.08 bits per heavy atom. The van der Waals surface area contributed by atoms with E-state index in [-0.39, 0.29) is 12.5 Å². The normalized spacial score (nSPS) is 32.0. The molecule has 6 nitrogen and oxygen atoms in total. The fraction of sp³-hybridized carbons (Fsp3) is 0.833. The molecule has 13 heavy (non-hydrogen) atoms. The molecular formula is C6H9NO5S. The lowest BCUT2D eigenvalue weighted by Crippen LogP contribution is -2.39. The van der Waals surface area contributed by atoms with Gasteiger partial charge in [0, 0.05) is 0 Å². The van der Waals surface area contributed by atoms with E-state index < -0.39 is 22.4 Å². The zero-order chi connectivity index (χ0) is 9.64. The second-order valence-corrected chi connectivity index (χ2v) is 4.71.